The SMILES string of the molecule is COc1cc(NC(=O)Cc2ccccc2)ccc1-c1nn2c(C)ncc2o1. The molecular weight excluding hydrogens is 344 g/mol. The minimum Gasteiger partial charge on any atom is -0.496 e. The van der Waals surface area contributed by atoms with Crippen LogP contribution in [-0.2, 0) is 11.2 Å². The van der Waals surface area contributed by atoms with Crippen LogP contribution in [0.4, 0.5) is 5.69 Å². The fraction of sp³-hybridized carbons (Fsp3) is 0.150. The smallest absolute Gasteiger partial charge is 0.250 e. The van der Waals surface area contributed by atoms with E-state index < -0.39 is 0 Å². The maximum Gasteiger partial charge on any atom is 0.250 e. The van der Waals surface area contributed by atoms with Crippen LogP contribution in [0.2, 0.25) is 0 Å². The zero-order valence-corrected chi connectivity index (χ0v) is 15.0. The molecule has 2 aromatic heterocycles. The Morgan fingerprint density at radius 2 is 2.04 bits per heavy atom. The van der Waals surface area contributed by atoms with E-state index in [0.29, 0.717) is 35.0 Å². The molecule has 0 fully saturated rings. The van der Waals surface area contributed by atoms with Gasteiger partial charge in [0.1, 0.15) is 11.6 Å². The Morgan fingerprint density at radius 1 is 1.22 bits per heavy atom. The summed E-state index contributed by atoms with van der Waals surface area (Å²) in [7, 11) is 1.57. The highest BCUT2D eigenvalue weighted by atomic mass is 16.5. The molecule has 7 heteroatoms. The van der Waals surface area contributed by atoms with Gasteiger partial charge in [-0.05, 0) is 24.6 Å². The average molecular weight is 362 g/mol. The number of carbonyl (C=O) groups is 1. The minimum atomic E-state index is -0.0944. The van der Waals surface area contributed by atoms with Crippen LogP contribution in [0.5, 0.6) is 5.75 Å². The summed E-state index contributed by atoms with van der Waals surface area (Å²) in [6, 6.07) is 15.0. The van der Waals surface area contributed by atoms with Crippen LogP contribution in [-0.4, -0.2) is 27.6 Å². The number of nitrogens with one attached hydrogen (secondary N) is 1. The van der Waals surface area contributed by atoms with Crippen LogP contribution in [0.15, 0.2) is 59.1 Å². The molecule has 2 heterocycles. The van der Waals surface area contributed by atoms with Crippen molar-refractivity contribution >= 4 is 17.3 Å². The largest absolute Gasteiger partial charge is 0.496 e. The van der Waals surface area contributed by atoms with Crippen LogP contribution in [0, 0.1) is 6.92 Å². The molecule has 0 aliphatic heterocycles. The summed E-state index contributed by atoms with van der Waals surface area (Å²) >= 11 is 0. The molecule has 0 unspecified atom stereocenters. The third kappa shape index (κ3) is 3.39. The van der Waals surface area contributed by atoms with E-state index in [-0.39, 0.29) is 5.91 Å². The van der Waals surface area contributed by atoms with Crippen molar-refractivity contribution in [3.8, 4) is 17.2 Å². The molecule has 0 aliphatic rings. The van der Waals surface area contributed by atoms with Gasteiger partial charge in [-0.15, -0.1) is 5.10 Å². The zero-order valence-electron chi connectivity index (χ0n) is 15.0. The van der Waals surface area contributed by atoms with Crippen molar-refractivity contribution < 1.29 is 13.9 Å². The first-order valence-electron chi connectivity index (χ1n) is 8.47. The Balaban J connectivity index is 1.56. The summed E-state index contributed by atoms with van der Waals surface area (Å²) < 4.78 is 12.8. The number of fused-ring (bicyclic) bond motifs is 1. The summed E-state index contributed by atoms with van der Waals surface area (Å²) in [6.45, 7) is 1.85. The van der Waals surface area contributed by atoms with Crippen molar-refractivity contribution in [2.24, 2.45) is 0 Å². The van der Waals surface area contributed by atoms with Gasteiger partial charge in [0.05, 0.1) is 25.3 Å². The Bertz CT molecular complexity index is 1100. The van der Waals surface area contributed by atoms with Crippen molar-refractivity contribution in [1.29, 1.82) is 0 Å². The number of aromatic nitrogens is 3. The number of hydrogen-bond acceptors (Lipinski definition) is 5. The number of benzene rings is 2. The first-order valence-corrected chi connectivity index (χ1v) is 8.47. The predicted octanol–water partition coefficient (Wildman–Crippen LogP) is 3.49. The van der Waals surface area contributed by atoms with E-state index in [4.69, 9.17) is 9.15 Å². The summed E-state index contributed by atoms with van der Waals surface area (Å²) in [6.07, 6.45) is 1.93. The number of methoxy groups -OCH3 is 1. The fourth-order valence-corrected chi connectivity index (χ4v) is 2.86. The molecule has 4 rings (SSSR count). The summed E-state index contributed by atoms with van der Waals surface area (Å²) in [5, 5.41) is 7.31. The standard InChI is InChI=1S/C20H18N4O3/c1-13-21-12-19-24(13)23-20(27-19)16-9-8-15(11-17(16)26-2)22-18(25)10-14-6-4-3-5-7-14/h3-9,11-12H,10H2,1-2H3,(H,22,25). The number of aryl methyl sites for hydroxylation is 1. The van der Waals surface area contributed by atoms with Gasteiger partial charge in [-0.3, -0.25) is 4.79 Å². The third-order valence-corrected chi connectivity index (χ3v) is 4.19. The van der Waals surface area contributed by atoms with E-state index in [1.54, 1.807) is 30.0 Å². The minimum absolute atomic E-state index is 0.0944. The molecular formula is C20H18N4O3. The van der Waals surface area contributed by atoms with Gasteiger partial charge in [-0.1, -0.05) is 30.3 Å². The maximum atomic E-state index is 12.3. The van der Waals surface area contributed by atoms with E-state index >= 15 is 0 Å². The highest BCUT2D eigenvalue weighted by molar-refractivity contribution is 5.92. The Hall–Kier alpha value is -3.61. The van der Waals surface area contributed by atoms with Crippen LogP contribution < -0.4 is 10.1 Å². The van der Waals surface area contributed by atoms with Gasteiger partial charge >= 0.3 is 0 Å². The maximum absolute atomic E-state index is 12.3. The molecule has 4 aromatic rings. The van der Waals surface area contributed by atoms with Crippen LogP contribution in [0.25, 0.3) is 17.2 Å². The van der Waals surface area contributed by atoms with Gasteiger partial charge < -0.3 is 14.5 Å². The van der Waals surface area contributed by atoms with Crippen LogP contribution in [0.1, 0.15) is 11.4 Å². The molecule has 0 aliphatic carbocycles. The van der Waals surface area contributed by atoms with E-state index in [9.17, 15) is 4.79 Å². The van der Waals surface area contributed by atoms with E-state index in [0.717, 1.165) is 11.4 Å². The lowest BCUT2D eigenvalue weighted by atomic mass is 10.1. The second-order valence-electron chi connectivity index (χ2n) is 6.09. The number of ether oxygens (including phenoxy) is 1. The fourth-order valence-electron chi connectivity index (χ4n) is 2.86. The number of imidazole rings is 1. The third-order valence-electron chi connectivity index (χ3n) is 4.19. The van der Waals surface area contributed by atoms with Crippen molar-refractivity contribution in [3.63, 3.8) is 0 Å². The summed E-state index contributed by atoms with van der Waals surface area (Å²) in [5.41, 5.74) is 2.86. The van der Waals surface area contributed by atoms with E-state index in [1.807, 2.05) is 43.3 Å². The number of rotatable bonds is 5. The molecule has 7 nitrogen and oxygen atoms in total. The van der Waals surface area contributed by atoms with Crippen LogP contribution in [0.3, 0.4) is 0 Å². The normalized spacial score (nSPS) is 10.9. The van der Waals surface area contributed by atoms with Gasteiger partial charge in [-0.25, -0.2) is 4.98 Å². The molecule has 1 N–H and O–H groups in total. The van der Waals surface area contributed by atoms with Crippen LogP contribution >= 0.6 is 0 Å². The molecule has 2 aromatic carbocycles. The molecule has 27 heavy (non-hydrogen) atoms. The van der Waals surface area contributed by atoms with E-state index in [1.165, 1.54) is 0 Å². The number of hydrogen-bond donors (Lipinski definition) is 1. The highest BCUT2D eigenvalue weighted by Crippen LogP contribution is 2.32. The number of carbonyl (C=O) groups excluding carboxylic acids is 1. The second kappa shape index (κ2) is 6.95. The number of anilines is 1. The van der Waals surface area contributed by atoms with Crippen molar-refractivity contribution in [2.75, 3.05) is 12.4 Å². The lowest BCUT2D eigenvalue weighted by Gasteiger charge is -2.10. The molecule has 1 amide bonds. The monoisotopic (exact) mass is 362 g/mol. The average Bonchev–Trinajstić information content (AvgIpc) is 3.24. The lowest BCUT2D eigenvalue weighted by molar-refractivity contribution is -0.115. The van der Waals surface area contributed by atoms with Crippen molar-refractivity contribution in [3.05, 3.63) is 66.1 Å². The van der Waals surface area contributed by atoms with Gasteiger partial charge in [0.15, 0.2) is 0 Å². The predicted molar refractivity (Wildman–Crippen MR) is 101 cm³/mol. The zero-order chi connectivity index (χ0) is 18.8. The molecule has 0 saturated carbocycles. The lowest BCUT2D eigenvalue weighted by Crippen LogP contribution is -2.14. The Morgan fingerprint density at radius 3 is 2.78 bits per heavy atom. The molecule has 0 saturated heterocycles. The van der Waals surface area contributed by atoms with Gasteiger partial charge in [-0.2, -0.15) is 4.52 Å². The topological polar surface area (TPSA) is 81.7 Å². The van der Waals surface area contributed by atoms with Crippen molar-refractivity contribution in [1.82, 2.24) is 14.6 Å². The molecule has 136 valence electrons. The molecule has 0 spiro atoms. The second-order valence-corrected chi connectivity index (χ2v) is 6.09. The van der Waals surface area contributed by atoms with Gasteiger partial charge in [0.25, 0.3) is 0 Å². The molecule has 0 radical (unpaired) electrons. The quantitative estimate of drug-likeness (QED) is 0.588. The van der Waals surface area contributed by atoms with E-state index in [2.05, 4.69) is 15.4 Å². The first kappa shape index (κ1) is 16.8. The van der Waals surface area contributed by atoms with Gasteiger partial charge in [0, 0.05) is 11.8 Å². The van der Waals surface area contributed by atoms with Crippen molar-refractivity contribution in [2.45, 2.75) is 13.3 Å². The summed E-state index contributed by atoms with van der Waals surface area (Å²) in [5.74, 6) is 1.63. The number of nitrogens with zero attached hydrogens (tertiary/aromatic N) is 3. The Kier molecular flexibility index (Phi) is 4.33. The molecule has 0 atom stereocenters. The number of amides is 1. The molecule has 0 bridgehead atoms. The summed E-state index contributed by atoms with van der Waals surface area (Å²) in [4.78, 5) is 16.4. The van der Waals surface area contributed by atoms with Gasteiger partial charge in [0.2, 0.25) is 17.5 Å². The Labute approximate surface area is 155 Å². The first-order chi connectivity index (χ1) is 13.1. The highest BCUT2D eigenvalue weighted by Gasteiger charge is 2.16.